The summed E-state index contributed by atoms with van der Waals surface area (Å²) in [4.78, 5) is 35.4. The quantitative estimate of drug-likeness (QED) is 0.503. The minimum absolute atomic E-state index is 0.0747. The number of carbonyl (C=O) groups is 2. The van der Waals surface area contributed by atoms with Crippen LogP contribution < -0.4 is 4.90 Å². The number of phenols is 1. The molecule has 1 amide bonds. The van der Waals surface area contributed by atoms with Crippen LogP contribution in [0.5, 0.6) is 5.75 Å². The number of amides is 1. The van der Waals surface area contributed by atoms with E-state index in [9.17, 15) is 23.1 Å². The van der Waals surface area contributed by atoms with Gasteiger partial charge in [0.15, 0.2) is 0 Å². The number of anilines is 1. The predicted octanol–water partition coefficient (Wildman–Crippen LogP) is 4.62. The zero-order valence-electron chi connectivity index (χ0n) is 19.9. The summed E-state index contributed by atoms with van der Waals surface area (Å²) in [5.41, 5.74) is 1.96. The highest BCUT2D eigenvalue weighted by Gasteiger charge is 2.43. The van der Waals surface area contributed by atoms with Gasteiger partial charge in [-0.3, -0.25) is 4.79 Å². The van der Waals surface area contributed by atoms with Crippen molar-refractivity contribution in [2.75, 3.05) is 24.5 Å². The van der Waals surface area contributed by atoms with E-state index in [4.69, 9.17) is 9.90 Å². The summed E-state index contributed by atoms with van der Waals surface area (Å²) in [6.07, 6.45) is 2.30. The summed E-state index contributed by atoms with van der Waals surface area (Å²) in [5, 5.41) is 18.9. The van der Waals surface area contributed by atoms with Crippen LogP contribution in [0.2, 0.25) is 0 Å². The number of phenolic OH excluding ortho intramolecular Hbond substituents is 1. The Hall–Kier alpha value is -3.41. The monoisotopic (exact) mass is 536 g/mol. The lowest BCUT2D eigenvalue weighted by Gasteiger charge is -2.39. The van der Waals surface area contributed by atoms with E-state index < -0.39 is 12.1 Å². The Bertz CT molecular complexity index is 1270. The summed E-state index contributed by atoms with van der Waals surface area (Å²) >= 11 is 1.71. The molecule has 1 spiro atoms. The van der Waals surface area contributed by atoms with E-state index in [2.05, 4.69) is 26.3 Å². The Kier molecular flexibility index (Phi) is 7.86. The van der Waals surface area contributed by atoms with Crippen molar-refractivity contribution in [3.05, 3.63) is 47.6 Å². The number of aliphatic carboxylic acids is 1. The fourth-order valence-corrected chi connectivity index (χ4v) is 5.98. The second-order valence-electron chi connectivity index (χ2n) is 9.20. The Balaban J connectivity index is 0.000000405. The number of hydrogen-bond donors (Lipinski definition) is 2. The molecule has 1 unspecified atom stereocenters. The average Bonchev–Trinajstić information content (AvgIpc) is 3.42. The third kappa shape index (κ3) is 6.12. The molecule has 2 aliphatic rings. The van der Waals surface area contributed by atoms with Crippen molar-refractivity contribution in [1.29, 1.82) is 0 Å². The lowest BCUT2D eigenvalue weighted by Crippen LogP contribution is -2.45. The molecule has 0 bridgehead atoms. The minimum Gasteiger partial charge on any atom is -0.508 e. The molecule has 2 aromatic heterocycles. The fourth-order valence-electron chi connectivity index (χ4n) is 5.14. The van der Waals surface area contributed by atoms with E-state index in [0.717, 1.165) is 68.6 Å². The number of fused-ring (bicyclic) bond motifs is 1. The molecule has 8 nitrogen and oxygen atoms in total. The van der Waals surface area contributed by atoms with Crippen molar-refractivity contribution in [3.63, 3.8) is 0 Å². The molecule has 2 aliphatic heterocycles. The summed E-state index contributed by atoms with van der Waals surface area (Å²) in [7, 11) is 0. The number of benzene rings is 1. The molecule has 12 heteroatoms. The lowest BCUT2D eigenvalue weighted by molar-refractivity contribution is -0.192. The summed E-state index contributed by atoms with van der Waals surface area (Å²) < 4.78 is 32.9. The van der Waals surface area contributed by atoms with Crippen LogP contribution in [0.3, 0.4) is 0 Å². The number of halogens is 3. The van der Waals surface area contributed by atoms with Crippen molar-refractivity contribution >= 4 is 39.2 Å². The number of hydrogen-bond acceptors (Lipinski definition) is 7. The molecule has 0 saturated carbocycles. The second-order valence-corrected chi connectivity index (χ2v) is 10.1. The van der Waals surface area contributed by atoms with Gasteiger partial charge in [-0.1, -0.05) is 12.1 Å². The number of rotatable bonds is 3. The standard InChI is InChI=1S/C23H26N4O2S.C2HF3O2/c28-18-5-1-4-17(14-18)15-20(29)26-10-2-7-23(9-12-26)8-3-11-27(23)22-21-19(6-13-30-21)24-16-25-22;3-2(4,5)1(6)7/h1,4-6,13-14,16,28H,2-3,7-12,15H2;(H,6,7). The first kappa shape index (κ1) is 26.6. The Morgan fingerprint density at radius 3 is 2.49 bits per heavy atom. The van der Waals surface area contributed by atoms with Crippen molar-refractivity contribution in [1.82, 2.24) is 14.9 Å². The third-order valence-corrected chi connectivity index (χ3v) is 7.75. The molecule has 5 rings (SSSR count). The van der Waals surface area contributed by atoms with Gasteiger partial charge < -0.3 is 20.0 Å². The summed E-state index contributed by atoms with van der Waals surface area (Å²) in [5.74, 6) is -1.34. The van der Waals surface area contributed by atoms with Crippen LogP contribution in [0.4, 0.5) is 19.0 Å². The van der Waals surface area contributed by atoms with Gasteiger partial charge in [-0.2, -0.15) is 13.2 Å². The summed E-state index contributed by atoms with van der Waals surface area (Å²) in [6, 6.07) is 9.06. The number of carboxylic acid groups (broad SMARTS) is 1. The molecule has 1 atom stereocenters. The Morgan fingerprint density at radius 1 is 1.05 bits per heavy atom. The number of alkyl halides is 3. The van der Waals surface area contributed by atoms with Crippen LogP contribution >= 0.6 is 11.3 Å². The van der Waals surface area contributed by atoms with Gasteiger partial charge in [0.1, 0.15) is 17.9 Å². The SMILES string of the molecule is O=C(Cc1cccc(O)c1)N1CCCC2(CCCN2c2ncnc3ccsc23)CC1.O=C(O)C(F)(F)F. The average molecular weight is 537 g/mol. The maximum Gasteiger partial charge on any atom is 0.490 e. The molecule has 198 valence electrons. The predicted molar refractivity (Wildman–Crippen MR) is 133 cm³/mol. The highest BCUT2D eigenvalue weighted by Crippen LogP contribution is 2.43. The van der Waals surface area contributed by atoms with Gasteiger partial charge in [0.2, 0.25) is 5.91 Å². The minimum atomic E-state index is -5.08. The number of thiophene rings is 1. The molecule has 2 N–H and O–H groups in total. The van der Waals surface area contributed by atoms with E-state index in [0.29, 0.717) is 6.42 Å². The highest BCUT2D eigenvalue weighted by molar-refractivity contribution is 7.17. The molecule has 0 radical (unpaired) electrons. The fraction of sp³-hybridized carbons (Fsp3) is 0.440. The van der Waals surface area contributed by atoms with Crippen LogP contribution in [0.25, 0.3) is 10.2 Å². The Morgan fingerprint density at radius 2 is 1.78 bits per heavy atom. The van der Waals surface area contributed by atoms with Crippen LogP contribution in [0.15, 0.2) is 42.0 Å². The highest BCUT2D eigenvalue weighted by atomic mass is 32.1. The van der Waals surface area contributed by atoms with Gasteiger partial charge in [-0.15, -0.1) is 11.3 Å². The zero-order chi connectivity index (χ0) is 26.6. The number of likely N-dealkylation sites (tertiary alicyclic amines) is 1. The largest absolute Gasteiger partial charge is 0.508 e. The molecule has 37 heavy (non-hydrogen) atoms. The number of carboxylic acids is 1. The van der Waals surface area contributed by atoms with Crippen molar-refractivity contribution in [2.24, 2.45) is 0 Å². The number of aromatic nitrogens is 2. The van der Waals surface area contributed by atoms with E-state index >= 15 is 0 Å². The van der Waals surface area contributed by atoms with Gasteiger partial charge in [0.05, 0.1) is 16.6 Å². The van der Waals surface area contributed by atoms with Crippen LogP contribution in [0, 0.1) is 0 Å². The number of aromatic hydroxyl groups is 1. The van der Waals surface area contributed by atoms with Crippen LogP contribution in [-0.2, 0) is 16.0 Å². The van der Waals surface area contributed by atoms with Gasteiger partial charge in [0.25, 0.3) is 0 Å². The normalized spacial score (nSPS) is 20.0. The van der Waals surface area contributed by atoms with Gasteiger partial charge in [0, 0.05) is 25.2 Å². The molecule has 2 fully saturated rings. The molecule has 0 aliphatic carbocycles. The Labute approximate surface area is 215 Å². The van der Waals surface area contributed by atoms with Crippen molar-refractivity contribution in [2.45, 2.75) is 50.2 Å². The molecule has 4 heterocycles. The van der Waals surface area contributed by atoms with Gasteiger partial charge >= 0.3 is 12.1 Å². The third-order valence-electron chi connectivity index (χ3n) is 6.85. The maximum absolute atomic E-state index is 12.9. The van der Waals surface area contributed by atoms with Crippen molar-refractivity contribution < 1.29 is 33.0 Å². The summed E-state index contributed by atoms with van der Waals surface area (Å²) in [6.45, 7) is 2.58. The lowest BCUT2D eigenvalue weighted by atomic mass is 9.87. The van der Waals surface area contributed by atoms with Crippen molar-refractivity contribution in [3.8, 4) is 5.75 Å². The first-order chi connectivity index (χ1) is 17.6. The molecular formula is C25H27F3N4O4S. The number of carbonyl (C=O) groups excluding carboxylic acids is 1. The maximum atomic E-state index is 12.9. The second kappa shape index (κ2) is 10.9. The number of nitrogens with zero attached hydrogens (tertiary/aromatic N) is 4. The van der Waals surface area contributed by atoms with E-state index in [1.54, 1.807) is 35.9 Å². The van der Waals surface area contributed by atoms with Crippen LogP contribution in [0.1, 0.15) is 37.7 Å². The molecule has 2 saturated heterocycles. The zero-order valence-corrected chi connectivity index (χ0v) is 20.8. The van der Waals surface area contributed by atoms with Gasteiger partial charge in [-0.05, 0) is 61.2 Å². The first-order valence-electron chi connectivity index (χ1n) is 11.9. The van der Waals surface area contributed by atoms with Gasteiger partial charge in [-0.25, -0.2) is 14.8 Å². The molecule has 1 aromatic carbocycles. The van der Waals surface area contributed by atoms with E-state index in [1.807, 2.05) is 11.0 Å². The topological polar surface area (TPSA) is 107 Å². The van der Waals surface area contributed by atoms with Crippen LogP contribution in [-0.4, -0.2) is 68.3 Å². The molecule has 3 aromatic rings. The first-order valence-corrected chi connectivity index (χ1v) is 12.8. The van der Waals surface area contributed by atoms with E-state index in [1.165, 1.54) is 4.70 Å². The van der Waals surface area contributed by atoms with E-state index in [-0.39, 0.29) is 17.2 Å². The molecular weight excluding hydrogens is 509 g/mol. The smallest absolute Gasteiger partial charge is 0.490 e.